The second-order valence-electron chi connectivity index (χ2n) is 6.44. The van der Waals surface area contributed by atoms with Gasteiger partial charge in [0.05, 0.1) is 13.5 Å². The third-order valence-electron chi connectivity index (χ3n) is 4.67. The molecular formula is C20H24N2O2. The second-order valence-corrected chi connectivity index (χ2v) is 6.44. The van der Waals surface area contributed by atoms with Crippen molar-refractivity contribution in [3.05, 3.63) is 58.9 Å². The molecule has 4 nitrogen and oxygen atoms in total. The fraction of sp³-hybridized carbons (Fsp3) is 0.400. The summed E-state index contributed by atoms with van der Waals surface area (Å²) in [4.78, 5) is 16.4. The molecule has 0 fully saturated rings. The normalized spacial score (nSPS) is 16.3. The fourth-order valence-electron chi connectivity index (χ4n) is 3.32. The summed E-state index contributed by atoms with van der Waals surface area (Å²) in [5.74, 6) is 1.35. The number of fused-ring (bicyclic) bond motifs is 1. The van der Waals surface area contributed by atoms with Crippen molar-refractivity contribution < 1.29 is 9.53 Å². The van der Waals surface area contributed by atoms with Gasteiger partial charge in [0.1, 0.15) is 5.75 Å². The minimum Gasteiger partial charge on any atom is -0.497 e. The monoisotopic (exact) mass is 324 g/mol. The van der Waals surface area contributed by atoms with Crippen molar-refractivity contribution >= 4 is 5.91 Å². The van der Waals surface area contributed by atoms with Gasteiger partial charge < -0.3 is 10.1 Å². The largest absolute Gasteiger partial charge is 0.497 e. The number of hydrogen-bond acceptors (Lipinski definition) is 3. The molecule has 1 heterocycles. The average Bonchev–Trinajstić information content (AvgIpc) is 2.61. The average molecular weight is 324 g/mol. The Morgan fingerprint density at radius 3 is 2.96 bits per heavy atom. The molecule has 0 radical (unpaired) electrons. The number of carbonyl (C=O) groups is 1. The van der Waals surface area contributed by atoms with Crippen LogP contribution < -0.4 is 10.1 Å². The Morgan fingerprint density at radius 1 is 1.33 bits per heavy atom. The summed E-state index contributed by atoms with van der Waals surface area (Å²) in [5, 5.41) is 3.09. The zero-order valence-corrected chi connectivity index (χ0v) is 14.3. The van der Waals surface area contributed by atoms with Crippen LogP contribution in [0, 0.1) is 6.92 Å². The van der Waals surface area contributed by atoms with Gasteiger partial charge in [-0.2, -0.15) is 0 Å². The van der Waals surface area contributed by atoms with Crippen molar-refractivity contribution in [3.63, 3.8) is 0 Å². The number of amides is 1. The van der Waals surface area contributed by atoms with E-state index in [0.29, 0.717) is 18.9 Å². The Labute approximate surface area is 143 Å². The van der Waals surface area contributed by atoms with Gasteiger partial charge in [0.15, 0.2) is 0 Å². The minimum absolute atomic E-state index is 0.0567. The van der Waals surface area contributed by atoms with Crippen molar-refractivity contribution in [3.8, 4) is 5.75 Å². The van der Waals surface area contributed by atoms with Crippen LogP contribution in [0.5, 0.6) is 5.75 Å². The van der Waals surface area contributed by atoms with Crippen LogP contribution in [0.1, 0.15) is 41.1 Å². The Hall–Kier alpha value is -2.36. The van der Waals surface area contributed by atoms with E-state index in [0.717, 1.165) is 36.3 Å². The lowest BCUT2D eigenvalue weighted by atomic mass is 9.82. The number of pyridine rings is 1. The third kappa shape index (κ3) is 3.94. The molecule has 0 spiro atoms. The number of aromatic nitrogens is 1. The summed E-state index contributed by atoms with van der Waals surface area (Å²) >= 11 is 0. The smallest absolute Gasteiger partial charge is 0.224 e. The van der Waals surface area contributed by atoms with Crippen molar-refractivity contribution in [2.45, 2.75) is 38.5 Å². The first-order chi connectivity index (χ1) is 11.7. The molecule has 4 heteroatoms. The molecule has 1 aromatic carbocycles. The fourth-order valence-corrected chi connectivity index (χ4v) is 3.32. The Kier molecular flexibility index (Phi) is 5.14. The van der Waals surface area contributed by atoms with Crippen molar-refractivity contribution in [1.29, 1.82) is 0 Å². The van der Waals surface area contributed by atoms with Crippen molar-refractivity contribution in [2.75, 3.05) is 13.7 Å². The highest BCUT2D eigenvalue weighted by Crippen LogP contribution is 2.33. The number of rotatable bonds is 5. The molecule has 24 heavy (non-hydrogen) atoms. The molecular weight excluding hydrogens is 300 g/mol. The van der Waals surface area contributed by atoms with Gasteiger partial charge in [0.25, 0.3) is 0 Å². The van der Waals surface area contributed by atoms with Crippen LogP contribution in [-0.2, 0) is 17.6 Å². The molecule has 2 aromatic rings. The predicted octanol–water partition coefficient (Wildman–Crippen LogP) is 3.18. The highest BCUT2D eigenvalue weighted by Gasteiger charge is 2.21. The molecule has 1 N–H and O–H groups in total. The van der Waals surface area contributed by atoms with E-state index in [1.165, 1.54) is 11.1 Å². The van der Waals surface area contributed by atoms with Gasteiger partial charge >= 0.3 is 0 Å². The molecule has 0 bridgehead atoms. The summed E-state index contributed by atoms with van der Waals surface area (Å²) in [6.07, 6.45) is 5.52. The van der Waals surface area contributed by atoms with E-state index < -0.39 is 0 Å². The topological polar surface area (TPSA) is 51.2 Å². The van der Waals surface area contributed by atoms with E-state index >= 15 is 0 Å². The summed E-state index contributed by atoms with van der Waals surface area (Å²) in [7, 11) is 1.70. The maximum absolute atomic E-state index is 12.2. The first-order valence-electron chi connectivity index (χ1n) is 8.51. The summed E-state index contributed by atoms with van der Waals surface area (Å²) < 4.78 is 5.31. The SMILES string of the molecule is COc1ccc2c(c1)CCC[C@H]2CNC(=O)Cc1ccc(C)nc1. The number of aryl methyl sites for hydroxylation is 2. The molecule has 1 aromatic heterocycles. The number of nitrogens with zero attached hydrogens (tertiary/aromatic N) is 1. The number of methoxy groups -OCH3 is 1. The van der Waals surface area contributed by atoms with Crippen LogP contribution in [0.15, 0.2) is 36.5 Å². The lowest BCUT2D eigenvalue weighted by Gasteiger charge is -2.26. The maximum atomic E-state index is 12.2. The quantitative estimate of drug-likeness (QED) is 0.919. The van der Waals surface area contributed by atoms with E-state index in [4.69, 9.17) is 4.74 Å². The number of hydrogen-bond donors (Lipinski definition) is 1. The predicted molar refractivity (Wildman–Crippen MR) is 94.4 cm³/mol. The van der Waals surface area contributed by atoms with Crippen LogP contribution in [-0.4, -0.2) is 24.5 Å². The lowest BCUT2D eigenvalue weighted by molar-refractivity contribution is -0.120. The molecule has 1 amide bonds. The molecule has 0 unspecified atom stereocenters. The summed E-state index contributed by atoms with van der Waals surface area (Å²) in [6, 6.07) is 10.2. The van der Waals surface area contributed by atoms with E-state index in [1.807, 2.05) is 25.1 Å². The van der Waals surface area contributed by atoms with Crippen molar-refractivity contribution in [1.82, 2.24) is 10.3 Å². The molecule has 1 atom stereocenters. The number of nitrogens with one attached hydrogen (secondary N) is 1. The van der Waals surface area contributed by atoms with Crippen LogP contribution in [0.2, 0.25) is 0 Å². The van der Waals surface area contributed by atoms with Gasteiger partial charge in [-0.25, -0.2) is 0 Å². The van der Waals surface area contributed by atoms with Crippen molar-refractivity contribution in [2.24, 2.45) is 0 Å². The standard InChI is InChI=1S/C20H24N2O2/c1-14-6-7-15(12-21-14)10-20(23)22-13-17-5-3-4-16-11-18(24-2)8-9-19(16)17/h6-9,11-12,17H,3-5,10,13H2,1-2H3,(H,22,23)/t17-/m0/s1. The molecule has 3 rings (SSSR count). The number of carbonyl (C=O) groups excluding carboxylic acids is 1. The van der Waals surface area contributed by atoms with Crippen LogP contribution in [0.4, 0.5) is 0 Å². The Balaban J connectivity index is 1.59. The Bertz CT molecular complexity index is 710. The third-order valence-corrected chi connectivity index (χ3v) is 4.67. The van der Waals surface area contributed by atoms with Gasteiger partial charge in [-0.1, -0.05) is 12.1 Å². The van der Waals surface area contributed by atoms with E-state index in [9.17, 15) is 4.79 Å². The van der Waals surface area contributed by atoms with Crippen LogP contribution >= 0.6 is 0 Å². The first-order valence-corrected chi connectivity index (χ1v) is 8.51. The summed E-state index contributed by atoms with van der Waals surface area (Å²) in [5.41, 5.74) is 4.61. The molecule has 1 aliphatic rings. The van der Waals surface area contributed by atoms with Gasteiger partial charge in [-0.05, 0) is 61.1 Å². The summed E-state index contributed by atoms with van der Waals surface area (Å²) in [6.45, 7) is 2.64. The second kappa shape index (κ2) is 7.47. The molecule has 1 aliphatic carbocycles. The number of benzene rings is 1. The zero-order valence-electron chi connectivity index (χ0n) is 14.3. The highest BCUT2D eigenvalue weighted by atomic mass is 16.5. The van der Waals surface area contributed by atoms with Crippen LogP contribution in [0.3, 0.4) is 0 Å². The number of ether oxygens (including phenoxy) is 1. The molecule has 126 valence electrons. The Morgan fingerprint density at radius 2 is 2.21 bits per heavy atom. The van der Waals surface area contributed by atoms with E-state index in [2.05, 4.69) is 22.4 Å². The maximum Gasteiger partial charge on any atom is 0.224 e. The minimum atomic E-state index is 0.0567. The van der Waals surface area contributed by atoms with Gasteiger partial charge in [0, 0.05) is 24.4 Å². The molecule has 0 aliphatic heterocycles. The van der Waals surface area contributed by atoms with Gasteiger partial charge in [-0.3, -0.25) is 9.78 Å². The molecule has 0 saturated carbocycles. The molecule has 0 saturated heterocycles. The van der Waals surface area contributed by atoms with Crippen LogP contribution in [0.25, 0.3) is 0 Å². The first kappa shape index (κ1) is 16.5. The zero-order chi connectivity index (χ0) is 16.9. The lowest BCUT2D eigenvalue weighted by Crippen LogP contribution is -2.31. The highest BCUT2D eigenvalue weighted by molar-refractivity contribution is 5.78. The van der Waals surface area contributed by atoms with Gasteiger partial charge in [0.2, 0.25) is 5.91 Å². The van der Waals surface area contributed by atoms with E-state index in [1.54, 1.807) is 13.3 Å². The van der Waals surface area contributed by atoms with E-state index in [-0.39, 0.29) is 5.91 Å². The van der Waals surface area contributed by atoms with Gasteiger partial charge in [-0.15, -0.1) is 0 Å².